The fourth-order valence-electron chi connectivity index (χ4n) is 3.76. The van der Waals surface area contributed by atoms with Gasteiger partial charge in [-0.05, 0) is 35.5 Å². The fourth-order valence-corrected chi connectivity index (χ4v) is 3.76. The second-order valence-electron chi connectivity index (χ2n) is 5.98. The predicted molar refractivity (Wildman–Crippen MR) is 49.8 cm³/mol. The van der Waals surface area contributed by atoms with E-state index in [1.54, 1.807) is 0 Å². The van der Waals surface area contributed by atoms with Gasteiger partial charge in [0.25, 0.3) is 0 Å². The minimum Gasteiger partial charge on any atom is -0.393 e. The largest absolute Gasteiger partial charge is 0.393 e. The molecule has 0 amide bonds. The number of hydrogen-bond donors (Lipinski definition) is 1. The van der Waals surface area contributed by atoms with Crippen LogP contribution in [-0.2, 0) is 0 Å². The van der Waals surface area contributed by atoms with Crippen LogP contribution in [0.1, 0.15) is 40.5 Å². The molecule has 3 fully saturated rings. The Bertz CT molecular complexity index is 197. The van der Waals surface area contributed by atoms with Crippen molar-refractivity contribution in [2.24, 2.45) is 22.7 Å². The summed E-state index contributed by atoms with van der Waals surface area (Å²) in [6, 6.07) is 0. The van der Waals surface area contributed by atoms with Crippen molar-refractivity contribution in [1.82, 2.24) is 0 Å². The third-order valence-corrected chi connectivity index (χ3v) is 4.49. The zero-order valence-electron chi connectivity index (χ0n) is 8.59. The molecule has 12 heavy (non-hydrogen) atoms. The Labute approximate surface area is 75.2 Å². The molecule has 0 saturated heterocycles. The van der Waals surface area contributed by atoms with Crippen LogP contribution >= 0.6 is 0 Å². The summed E-state index contributed by atoms with van der Waals surface area (Å²) in [7, 11) is 0. The highest BCUT2D eigenvalue weighted by Gasteiger charge is 2.60. The highest BCUT2D eigenvalue weighted by atomic mass is 16.3. The Balaban J connectivity index is 2.28. The maximum absolute atomic E-state index is 9.89. The van der Waals surface area contributed by atoms with E-state index in [-0.39, 0.29) is 6.10 Å². The summed E-state index contributed by atoms with van der Waals surface area (Å²) in [6.07, 6.45) is 2.22. The zero-order chi connectivity index (χ0) is 9.15. The van der Waals surface area contributed by atoms with E-state index in [1.807, 2.05) is 0 Å². The van der Waals surface area contributed by atoms with Gasteiger partial charge in [0.2, 0.25) is 0 Å². The molecular formula is C11H20O. The maximum atomic E-state index is 9.89. The molecule has 1 N–H and O–H groups in total. The normalized spacial score (nSPS) is 48.2. The average Bonchev–Trinajstić information content (AvgIpc) is 1.81. The molecular weight excluding hydrogens is 148 g/mol. The third kappa shape index (κ3) is 0.834. The average molecular weight is 168 g/mol. The molecule has 2 bridgehead atoms. The van der Waals surface area contributed by atoms with Crippen molar-refractivity contribution in [2.45, 2.75) is 46.6 Å². The molecule has 1 heteroatoms. The van der Waals surface area contributed by atoms with Gasteiger partial charge in [-0.25, -0.2) is 0 Å². The first-order valence-electron chi connectivity index (χ1n) is 5.04. The van der Waals surface area contributed by atoms with Crippen LogP contribution in [0.25, 0.3) is 0 Å². The second kappa shape index (κ2) is 2.06. The lowest BCUT2D eigenvalue weighted by molar-refractivity contribution is -0.201. The van der Waals surface area contributed by atoms with E-state index < -0.39 is 0 Å². The van der Waals surface area contributed by atoms with Gasteiger partial charge in [0.05, 0.1) is 6.10 Å². The molecule has 0 aromatic heterocycles. The van der Waals surface area contributed by atoms with E-state index in [1.165, 1.54) is 6.42 Å². The van der Waals surface area contributed by atoms with E-state index in [4.69, 9.17) is 0 Å². The minimum atomic E-state index is -0.0417. The lowest BCUT2D eigenvalue weighted by Gasteiger charge is -2.65. The minimum absolute atomic E-state index is 0.0417. The van der Waals surface area contributed by atoms with Crippen molar-refractivity contribution in [3.63, 3.8) is 0 Å². The van der Waals surface area contributed by atoms with Gasteiger partial charge in [-0.15, -0.1) is 0 Å². The molecule has 0 radical (unpaired) electrons. The Hall–Kier alpha value is -0.0400. The molecule has 0 aliphatic heterocycles. The molecule has 1 nitrogen and oxygen atoms in total. The quantitative estimate of drug-likeness (QED) is 0.589. The number of hydrogen-bond acceptors (Lipinski definition) is 1. The van der Waals surface area contributed by atoms with Crippen molar-refractivity contribution >= 4 is 0 Å². The van der Waals surface area contributed by atoms with Crippen LogP contribution in [0, 0.1) is 22.7 Å². The van der Waals surface area contributed by atoms with Crippen LogP contribution in [0.15, 0.2) is 0 Å². The number of aliphatic hydroxyl groups excluding tert-OH is 1. The highest BCUT2D eigenvalue weighted by molar-refractivity contribution is 5.10. The first-order valence-corrected chi connectivity index (χ1v) is 5.04. The van der Waals surface area contributed by atoms with Crippen LogP contribution < -0.4 is 0 Å². The lowest BCUT2D eigenvalue weighted by Crippen LogP contribution is -2.61. The van der Waals surface area contributed by atoms with E-state index in [2.05, 4.69) is 27.7 Å². The molecule has 70 valence electrons. The van der Waals surface area contributed by atoms with Crippen molar-refractivity contribution in [1.29, 1.82) is 0 Å². The summed E-state index contributed by atoms with van der Waals surface area (Å²) in [5.41, 5.74) is 0.749. The standard InChI is InChI=1S/C11H20O/c1-10(2)6-8(12)7-5-9(10)11(7,3)4/h7-9,12H,5-6H2,1-4H3/t7-,8+,9-/m1/s1. The van der Waals surface area contributed by atoms with Crippen molar-refractivity contribution in [2.75, 3.05) is 0 Å². The summed E-state index contributed by atoms with van der Waals surface area (Å²) >= 11 is 0. The number of rotatable bonds is 0. The predicted octanol–water partition coefficient (Wildman–Crippen LogP) is 2.44. The Kier molecular flexibility index (Phi) is 1.47. The van der Waals surface area contributed by atoms with Gasteiger partial charge < -0.3 is 5.11 Å². The smallest absolute Gasteiger partial charge is 0.0578 e. The molecule has 3 rings (SSSR count). The summed E-state index contributed by atoms with van der Waals surface area (Å²) in [4.78, 5) is 0. The van der Waals surface area contributed by atoms with E-state index in [0.29, 0.717) is 16.7 Å². The van der Waals surface area contributed by atoms with Gasteiger partial charge in [-0.3, -0.25) is 0 Å². The maximum Gasteiger partial charge on any atom is 0.0578 e. The van der Waals surface area contributed by atoms with Crippen LogP contribution in [0.4, 0.5) is 0 Å². The Morgan fingerprint density at radius 1 is 1.17 bits per heavy atom. The summed E-state index contributed by atoms with van der Waals surface area (Å²) in [5, 5.41) is 9.89. The summed E-state index contributed by atoms with van der Waals surface area (Å²) < 4.78 is 0. The van der Waals surface area contributed by atoms with E-state index in [0.717, 1.165) is 12.3 Å². The van der Waals surface area contributed by atoms with Crippen LogP contribution in [0.2, 0.25) is 0 Å². The molecule has 3 atom stereocenters. The van der Waals surface area contributed by atoms with Gasteiger partial charge in [0.1, 0.15) is 0 Å². The van der Waals surface area contributed by atoms with Crippen molar-refractivity contribution in [3.05, 3.63) is 0 Å². The molecule has 0 aromatic carbocycles. The first-order chi connectivity index (χ1) is 5.36. The first kappa shape index (κ1) is 8.55. The van der Waals surface area contributed by atoms with Crippen molar-refractivity contribution < 1.29 is 5.11 Å². The Morgan fingerprint density at radius 2 is 1.75 bits per heavy atom. The number of fused-ring (bicyclic) bond motifs is 2. The fraction of sp³-hybridized carbons (Fsp3) is 1.00. The zero-order valence-corrected chi connectivity index (χ0v) is 8.59. The highest BCUT2D eigenvalue weighted by Crippen LogP contribution is 2.65. The lowest BCUT2D eigenvalue weighted by atomic mass is 9.41. The molecule has 3 aliphatic rings. The molecule has 0 heterocycles. The summed E-state index contributed by atoms with van der Waals surface area (Å²) in [6.45, 7) is 9.24. The second-order valence-corrected chi connectivity index (χ2v) is 5.98. The molecule has 0 spiro atoms. The van der Waals surface area contributed by atoms with E-state index >= 15 is 0 Å². The van der Waals surface area contributed by atoms with Crippen molar-refractivity contribution in [3.8, 4) is 0 Å². The van der Waals surface area contributed by atoms with Crippen LogP contribution in [0.3, 0.4) is 0 Å². The third-order valence-electron chi connectivity index (χ3n) is 4.49. The Morgan fingerprint density at radius 3 is 2.08 bits per heavy atom. The molecule has 3 saturated carbocycles. The number of aliphatic hydroxyl groups is 1. The van der Waals surface area contributed by atoms with E-state index in [9.17, 15) is 5.11 Å². The molecule has 0 unspecified atom stereocenters. The summed E-state index contributed by atoms with van der Waals surface area (Å²) in [5.74, 6) is 1.41. The van der Waals surface area contributed by atoms with Gasteiger partial charge in [-0.2, -0.15) is 0 Å². The van der Waals surface area contributed by atoms with Crippen LogP contribution in [0.5, 0.6) is 0 Å². The van der Waals surface area contributed by atoms with Crippen LogP contribution in [-0.4, -0.2) is 11.2 Å². The topological polar surface area (TPSA) is 20.2 Å². The van der Waals surface area contributed by atoms with Gasteiger partial charge in [0, 0.05) is 0 Å². The van der Waals surface area contributed by atoms with Gasteiger partial charge >= 0.3 is 0 Å². The molecule has 0 aromatic rings. The van der Waals surface area contributed by atoms with Gasteiger partial charge in [0.15, 0.2) is 0 Å². The molecule has 3 aliphatic carbocycles. The van der Waals surface area contributed by atoms with Gasteiger partial charge in [-0.1, -0.05) is 27.7 Å². The SMILES string of the molecule is CC1(C)C[C@H](O)[C@H]2C[C@H]1C2(C)C. The monoisotopic (exact) mass is 168 g/mol.